The summed E-state index contributed by atoms with van der Waals surface area (Å²) in [4.78, 5) is 0. The van der Waals surface area contributed by atoms with Crippen LogP contribution in [0.2, 0.25) is 10.0 Å². The molecule has 0 amide bonds. The minimum atomic E-state index is 0.0719. The molecule has 94 valence electrons. The third-order valence-corrected chi connectivity index (χ3v) is 3.31. The molecule has 1 heterocycles. The van der Waals surface area contributed by atoms with E-state index in [0.717, 1.165) is 25.1 Å². The van der Waals surface area contributed by atoms with Gasteiger partial charge in [-0.1, -0.05) is 23.2 Å². The van der Waals surface area contributed by atoms with Crippen molar-refractivity contribution >= 4 is 23.2 Å². The van der Waals surface area contributed by atoms with Gasteiger partial charge in [-0.05, 0) is 44.0 Å². The first-order valence-electron chi connectivity index (χ1n) is 5.76. The van der Waals surface area contributed by atoms with E-state index >= 15 is 0 Å². The second kappa shape index (κ2) is 5.15. The van der Waals surface area contributed by atoms with Crippen molar-refractivity contribution in [3.63, 3.8) is 0 Å². The zero-order chi connectivity index (χ0) is 12.5. The van der Waals surface area contributed by atoms with Crippen LogP contribution in [0.3, 0.4) is 0 Å². The van der Waals surface area contributed by atoms with Crippen molar-refractivity contribution in [3.8, 4) is 0 Å². The molecule has 1 fully saturated rings. The second-order valence-electron chi connectivity index (χ2n) is 5.18. The fourth-order valence-corrected chi connectivity index (χ4v) is 2.52. The normalized spacial score (nSPS) is 23.6. The van der Waals surface area contributed by atoms with Crippen LogP contribution in [-0.4, -0.2) is 24.8 Å². The van der Waals surface area contributed by atoms with Gasteiger partial charge in [-0.3, -0.25) is 0 Å². The van der Waals surface area contributed by atoms with Gasteiger partial charge in [-0.2, -0.15) is 0 Å². The molecular weight excluding hydrogens is 257 g/mol. The Kier molecular flexibility index (Phi) is 3.99. The van der Waals surface area contributed by atoms with Crippen LogP contribution in [0.15, 0.2) is 18.2 Å². The van der Waals surface area contributed by atoms with Gasteiger partial charge < -0.3 is 10.1 Å². The van der Waals surface area contributed by atoms with E-state index in [1.165, 1.54) is 0 Å². The molecule has 2 nitrogen and oxygen atoms in total. The third kappa shape index (κ3) is 3.85. The van der Waals surface area contributed by atoms with Gasteiger partial charge in [0.05, 0.1) is 12.7 Å². The first kappa shape index (κ1) is 13.2. The maximum absolute atomic E-state index is 5.97. The SMILES string of the molecule is CC1(C)COC(Cc2cc(Cl)cc(Cl)c2)CN1. The summed E-state index contributed by atoms with van der Waals surface area (Å²) < 4.78 is 5.83. The van der Waals surface area contributed by atoms with Gasteiger partial charge in [0, 0.05) is 22.1 Å². The van der Waals surface area contributed by atoms with Gasteiger partial charge in [0.1, 0.15) is 0 Å². The molecule has 1 saturated heterocycles. The van der Waals surface area contributed by atoms with Gasteiger partial charge in [0.25, 0.3) is 0 Å². The van der Waals surface area contributed by atoms with E-state index in [1.54, 1.807) is 6.07 Å². The molecule has 0 radical (unpaired) electrons. The Labute approximate surface area is 112 Å². The van der Waals surface area contributed by atoms with E-state index in [2.05, 4.69) is 19.2 Å². The van der Waals surface area contributed by atoms with Crippen LogP contribution >= 0.6 is 23.2 Å². The van der Waals surface area contributed by atoms with E-state index in [-0.39, 0.29) is 11.6 Å². The van der Waals surface area contributed by atoms with Crippen LogP contribution < -0.4 is 5.32 Å². The first-order valence-corrected chi connectivity index (χ1v) is 6.52. The minimum absolute atomic E-state index is 0.0719. The van der Waals surface area contributed by atoms with E-state index in [9.17, 15) is 0 Å². The molecule has 17 heavy (non-hydrogen) atoms. The highest BCUT2D eigenvalue weighted by molar-refractivity contribution is 6.34. The summed E-state index contributed by atoms with van der Waals surface area (Å²) in [6, 6.07) is 5.63. The van der Waals surface area contributed by atoms with Crippen molar-refractivity contribution in [2.45, 2.75) is 31.9 Å². The highest BCUT2D eigenvalue weighted by atomic mass is 35.5. The molecule has 4 heteroatoms. The van der Waals surface area contributed by atoms with Gasteiger partial charge in [0.15, 0.2) is 0 Å². The van der Waals surface area contributed by atoms with Crippen LogP contribution in [0.1, 0.15) is 19.4 Å². The fraction of sp³-hybridized carbons (Fsp3) is 0.538. The Hall–Kier alpha value is -0.280. The molecule has 1 aromatic rings. The summed E-state index contributed by atoms with van der Waals surface area (Å²) in [5, 5.41) is 4.82. The molecule has 1 N–H and O–H groups in total. The Morgan fingerprint density at radius 2 is 1.94 bits per heavy atom. The van der Waals surface area contributed by atoms with Crippen LogP contribution in [0, 0.1) is 0 Å². The molecule has 1 aromatic carbocycles. The zero-order valence-corrected chi connectivity index (χ0v) is 11.6. The fourth-order valence-electron chi connectivity index (χ4n) is 1.95. The lowest BCUT2D eigenvalue weighted by atomic mass is 10.0. The molecule has 1 atom stereocenters. The largest absolute Gasteiger partial charge is 0.375 e. The predicted octanol–water partition coefficient (Wildman–Crippen LogP) is 3.30. The number of hydrogen-bond donors (Lipinski definition) is 1. The Morgan fingerprint density at radius 1 is 1.29 bits per heavy atom. The van der Waals surface area contributed by atoms with E-state index in [0.29, 0.717) is 10.0 Å². The van der Waals surface area contributed by atoms with E-state index < -0.39 is 0 Å². The minimum Gasteiger partial charge on any atom is -0.375 e. The number of nitrogens with one attached hydrogen (secondary N) is 1. The molecule has 0 bridgehead atoms. The second-order valence-corrected chi connectivity index (χ2v) is 6.05. The molecule has 1 aliphatic heterocycles. The molecule has 0 aromatic heterocycles. The number of benzene rings is 1. The highest BCUT2D eigenvalue weighted by Crippen LogP contribution is 2.21. The lowest BCUT2D eigenvalue weighted by Gasteiger charge is -2.36. The van der Waals surface area contributed by atoms with Crippen molar-refractivity contribution in [2.75, 3.05) is 13.2 Å². The van der Waals surface area contributed by atoms with Crippen molar-refractivity contribution in [1.82, 2.24) is 5.32 Å². The Bertz CT molecular complexity index is 376. The summed E-state index contributed by atoms with van der Waals surface area (Å²) in [5.41, 5.74) is 1.19. The van der Waals surface area contributed by atoms with Crippen LogP contribution in [-0.2, 0) is 11.2 Å². The van der Waals surface area contributed by atoms with E-state index in [4.69, 9.17) is 27.9 Å². The van der Waals surface area contributed by atoms with Crippen molar-refractivity contribution < 1.29 is 4.74 Å². The molecule has 1 unspecified atom stereocenters. The van der Waals surface area contributed by atoms with Gasteiger partial charge in [-0.15, -0.1) is 0 Å². The van der Waals surface area contributed by atoms with Gasteiger partial charge in [-0.25, -0.2) is 0 Å². The average Bonchev–Trinajstić information content (AvgIpc) is 2.20. The molecular formula is C13H17Cl2NO. The average molecular weight is 274 g/mol. The van der Waals surface area contributed by atoms with Crippen LogP contribution in [0.5, 0.6) is 0 Å². The Balaban J connectivity index is 1.97. The van der Waals surface area contributed by atoms with E-state index in [1.807, 2.05) is 12.1 Å². The summed E-state index contributed by atoms with van der Waals surface area (Å²) in [7, 11) is 0. The maximum Gasteiger partial charge on any atom is 0.0740 e. The van der Waals surface area contributed by atoms with Crippen LogP contribution in [0.25, 0.3) is 0 Å². The number of halogens is 2. The van der Waals surface area contributed by atoms with Crippen molar-refractivity contribution in [2.24, 2.45) is 0 Å². The maximum atomic E-state index is 5.97. The first-order chi connectivity index (χ1) is 7.94. The molecule has 0 aliphatic carbocycles. The van der Waals surface area contributed by atoms with Crippen molar-refractivity contribution in [1.29, 1.82) is 0 Å². The van der Waals surface area contributed by atoms with Gasteiger partial charge >= 0.3 is 0 Å². The lowest BCUT2D eigenvalue weighted by Crippen LogP contribution is -2.53. The smallest absolute Gasteiger partial charge is 0.0740 e. The van der Waals surface area contributed by atoms with Gasteiger partial charge in [0.2, 0.25) is 0 Å². The van der Waals surface area contributed by atoms with Crippen molar-refractivity contribution in [3.05, 3.63) is 33.8 Å². The molecule has 0 spiro atoms. The topological polar surface area (TPSA) is 21.3 Å². The standard InChI is InChI=1S/C13H17Cl2NO/c1-13(2)8-17-12(7-16-13)5-9-3-10(14)6-11(15)4-9/h3-4,6,12,16H,5,7-8H2,1-2H3. The quantitative estimate of drug-likeness (QED) is 0.893. The van der Waals surface area contributed by atoms with Crippen LogP contribution in [0.4, 0.5) is 0 Å². The number of rotatable bonds is 2. The molecule has 0 saturated carbocycles. The Morgan fingerprint density at radius 3 is 2.47 bits per heavy atom. The summed E-state index contributed by atoms with van der Waals surface area (Å²) in [6.45, 7) is 5.86. The lowest BCUT2D eigenvalue weighted by molar-refractivity contribution is -0.0206. The molecule has 2 rings (SSSR count). The zero-order valence-electron chi connectivity index (χ0n) is 10.1. The number of morpholine rings is 1. The summed E-state index contributed by atoms with van der Waals surface area (Å²) >= 11 is 11.9. The third-order valence-electron chi connectivity index (χ3n) is 2.87. The highest BCUT2D eigenvalue weighted by Gasteiger charge is 2.26. The molecule has 1 aliphatic rings. The summed E-state index contributed by atoms with van der Waals surface area (Å²) in [5.74, 6) is 0. The number of hydrogen-bond acceptors (Lipinski definition) is 2. The number of ether oxygens (including phenoxy) is 1. The monoisotopic (exact) mass is 273 g/mol. The summed E-state index contributed by atoms with van der Waals surface area (Å²) in [6.07, 6.45) is 1.03. The predicted molar refractivity (Wildman–Crippen MR) is 72.0 cm³/mol.